The van der Waals surface area contributed by atoms with Gasteiger partial charge in [0.15, 0.2) is 0 Å². The Morgan fingerprint density at radius 1 is 1.14 bits per heavy atom. The van der Waals surface area contributed by atoms with E-state index in [2.05, 4.69) is 42.3 Å². The minimum absolute atomic E-state index is 0.442. The standard InChI is InChI=1S/C18H30N2O/c1-15(2)12-19-13-16-8-7-9-17(20-16)14-21-18-10-5-3-4-6-11-18/h7-9,15,18-19H,3-6,10-14H2,1-2H3. The second-order valence-electron chi connectivity index (χ2n) is 6.57. The lowest BCUT2D eigenvalue weighted by atomic mass is 10.1. The lowest BCUT2D eigenvalue weighted by Gasteiger charge is -2.15. The van der Waals surface area contributed by atoms with Gasteiger partial charge in [-0.15, -0.1) is 0 Å². The first kappa shape index (κ1) is 16.4. The normalized spacial score (nSPS) is 17.1. The Labute approximate surface area is 129 Å². The number of nitrogens with zero attached hydrogens (tertiary/aromatic N) is 1. The second-order valence-corrected chi connectivity index (χ2v) is 6.57. The van der Waals surface area contributed by atoms with Crippen LogP contribution in [0.2, 0.25) is 0 Å². The Balaban J connectivity index is 1.77. The summed E-state index contributed by atoms with van der Waals surface area (Å²) in [6.07, 6.45) is 8.25. The van der Waals surface area contributed by atoms with Gasteiger partial charge in [0.1, 0.15) is 0 Å². The zero-order valence-electron chi connectivity index (χ0n) is 13.6. The highest BCUT2D eigenvalue weighted by atomic mass is 16.5. The Morgan fingerprint density at radius 2 is 1.86 bits per heavy atom. The summed E-state index contributed by atoms with van der Waals surface area (Å²) in [6.45, 7) is 6.97. The average molecular weight is 290 g/mol. The minimum atomic E-state index is 0.442. The van der Waals surface area contributed by atoms with Gasteiger partial charge in [-0.1, -0.05) is 45.6 Å². The fourth-order valence-corrected chi connectivity index (χ4v) is 2.81. The maximum Gasteiger partial charge on any atom is 0.0891 e. The predicted octanol–water partition coefficient (Wildman–Crippen LogP) is 4.07. The first-order valence-electron chi connectivity index (χ1n) is 8.51. The minimum Gasteiger partial charge on any atom is -0.372 e. The molecule has 3 heteroatoms. The average Bonchev–Trinajstić information content (AvgIpc) is 2.74. The van der Waals surface area contributed by atoms with Crippen LogP contribution < -0.4 is 5.32 Å². The third kappa shape index (κ3) is 6.58. The van der Waals surface area contributed by atoms with Gasteiger partial charge in [0.2, 0.25) is 0 Å². The molecule has 1 aliphatic carbocycles. The van der Waals surface area contributed by atoms with Crippen molar-refractivity contribution in [3.05, 3.63) is 29.6 Å². The van der Waals surface area contributed by atoms with Gasteiger partial charge in [-0.2, -0.15) is 0 Å². The van der Waals surface area contributed by atoms with Crippen LogP contribution in [0.3, 0.4) is 0 Å². The van der Waals surface area contributed by atoms with E-state index < -0.39 is 0 Å². The SMILES string of the molecule is CC(C)CNCc1cccc(COC2CCCCCC2)n1. The fraction of sp³-hybridized carbons (Fsp3) is 0.722. The first-order valence-corrected chi connectivity index (χ1v) is 8.51. The van der Waals surface area contributed by atoms with E-state index in [4.69, 9.17) is 4.74 Å². The molecule has 3 nitrogen and oxygen atoms in total. The number of pyridine rings is 1. The van der Waals surface area contributed by atoms with Crippen LogP contribution in [0, 0.1) is 5.92 Å². The summed E-state index contributed by atoms with van der Waals surface area (Å²) in [4.78, 5) is 4.69. The molecule has 1 fully saturated rings. The van der Waals surface area contributed by atoms with Crippen LogP contribution in [0.25, 0.3) is 0 Å². The predicted molar refractivity (Wildman–Crippen MR) is 87.1 cm³/mol. The van der Waals surface area contributed by atoms with E-state index >= 15 is 0 Å². The number of hydrogen-bond acceptors (Lipinski definition) is 3. The highest BCUT2D eigenvalue weighted by molar-refractivity contribution is 5.10. The molecule has 1 aliphatic rings. The van der Waals surface area contributed by atoms with Crippen molar-refractivity contribution in [3.8, 4) is 0 Å². The smallest absolute Gasteiger partial charge is 0.0891 e. The quantitative estimate of drug-likeness (QED) is 0.769. The van der Waals surface area contributed by atoms with Gasteiger partial charge in [0, 0.05) is 6.54 Å². The van der Waals surface area contributed by atoms with E-state index in [0.717, 1.165) is 24.5 Å². The van der Waals surface area contributed by atoms with Crippen LogP contribution in [-0.2, 0) is 17.9 Å². The van der Waals surface area contributed by atoms with Gasteiger partial charge >= 0.3 is 0 Å². The van der Waals surface area contributed by atoms with Crippen LogP contribution in [0.5, 0.6) is 0 Å². The van der Waals surface area contributed by atoms with Crippen molar-refractivity contribution < 1.29 is 4.74 Å². The lowest BCUT2D eigenvalue weighted by Crippen LogP contribution is -2.20. The Bertz CT molecular complexity index is 398. The highest BCUT2D eigenvalue weighted by Crippen LogP contribution is 2.20. The zero-order valence-corrected chi connectivity index (χ0v) is 13.6. The summed E-state index contributed by atoms with van der Waals surface area (Å²) in [5.41, 5.74) is 2.17. The summed E-state index contributed by atoms with van der Waals surface area (Å²) < 4.78 is 6.06. The Kier molecular flexibility index (Phi) is 7.17. The van der Waals surface area contributed by atoms with E-state index in [-0.39, 0.29) is 0 Å². The number of nitrogens with one attached hydrogen (secondary N) is 1. The van der Waals surface area contributed by atoms with Crippen LogP contribution in [0.4, 0.5) is 0 Å². The fourth-order valence-electron chi connectivity index (χ4n) is 2.81. The van der Waals surface area contributed by atoms with E-state index in [9.17, 15) is 0 Å². The molecule has 1 saturated carbocycles. The molecule has 0 aliphatic heterocycles. The van der Waals surface area contributed by atoms with E-state index in [1.807, 2.05) is 0 Å². The third-order valence-electron chi connectivity index (χ3n) is 3.99. The monoisotopic (exact) mass is 290 g/mol. The van der Waals surface area contributed by atoms with Crippen molar-refractivity contribution in [2.45, 2.75) is 71.6 Å². The molecule has 0 bridgehead atoms. The molecule has 0 spiro atoms. The molecular formula is C18H30N2O. The zero-order chi connectivity index (χ0) is 14.9. The van der Waals surface area contributed by atoms with Crippen molar-refractivity contribution in [3.63, 3.8) is 0 Å². The van der Waals surface area contributed by atoms with Gasteiger partial charge in [-0.25, -0.2) is 0 Å². The van der Waals surface area contributed by atoms with Crippen LogP contribution >= 0.6 is 0 Å². The van der Waals surface area contributed by atoms with Crippen molar-refractivity contribution in [2.24, 2.45) is 5.92 Å². The molecule has 0 unspecified atom stereocenters. The van der Waals surface area contributed by atoms with E-state index in [0.29, 0.717) is 18.6 Å². The third-order valence-corrected chi connectivity index (χ3v) is 3.99. The van der Waals surface area contributed by atoms with E-state index in [1.54, 1.807) is 0 Å². The first-order chi connectivity index (χ1) is 10.2. The Hall–Kier alpha value is -0.930. The summed E-state index contributed by atoms with van der Waals surface area (Å²) in [5, 5.41) is 3.44. The molecule has 1 N–H and O–H groups in total. The number of ether oxygens (including phenoxy) is 1. The van der Waals surface area contributed by atoms with Crippen LogP contribution in [-0.4, -0.2) is 17.6 Å². The largest absolute Gasteiger partial charge is 0.372 e. The maximum absolute atomic E-state index is 6.06. The van der Waals surface area contributed by atoms with E-state index in [1.165, 1.54) is 38.5 Å². The molecule has 2 rings (SSSR count). The molecule has 0 atom stereocenters. The molecule has 0 radical (unpaired) electrons. The summed E-state index contributed by atoms with van der Waals surface area (Å²) in [7, 11) is 0. The topological polar surface area (TPSA) is 34.1 Å². The van der Waals surface area contributed by atoms with Gasteiger partial charge in [-0.3, -0.25) is 4.98 Å². The molecule has 21 heavy (non-hydrogen) atoms. The van der Waals surface area contributed by atoms with Crippen molar-refractivity contribution in [1.82, 2.24) is 10.3 Å². The molecule has 1 aromatic heterocycles. The van der Waals surface area contributed by atoms with Crippen LogP contribution in [0.1, 0.15) is 63.8 Å². The molecule has 0 saturated heterocycles. The summed E-state index contributed by atoms with van der Waals surface area (Å²) >= 11 is 0. The molecular weight excluding hydrogens is 260 g/mol. The van der Waals surface area contributed by atoms with Crippen molar-refractivity contribution in [1.29, 1.82) is 0 Å². The highest BCUT2D eigenvalue weighted by Gasteiger charge is 2.12. The van der Waals surface area contributed by atoms with Gasteiger partial charge in [0.05, 0.1) is 24.1 Å². The van der Waals surface area contributed by atoms with Crippen molar-refractivity contribution >= 4 is 0 Å². The van der Waals surface area contributed by atoms with Gasteiger partial charge in [-0.05, 0) is 37.4 Å². The second kappa shape index (κ2) is 9.16. The van der Waals surface area contributed by atoms with Crippen molar-refractivity contribution in [2.75, 3.05) is 6.54 Å². The number of aromatic nitrogens is 1. The number of rotatable bonds is 7. The lowest BCUT2D eigenvalue weighted by molar-refractivity contribution is 0.0291. The Morgan fingerprint density at radius 3 is 2.57 bits per heavy atom. The molecule has 1 aromatic rings. The summed E-state index contributed by atoms with van der Waals surface area (Å²) in [6, 6.07) is 6.25. The van der Waals surface area contributed by atoms with Gasteiger partial charge < -0.3 is 10.1 Å². The molecule has 1 heterocycles. The maximum atomic E-state index is 6.06. The molecule has 0 amide bonds. The summed E-state index contributed by atoms with van der Waals surface area (Å²) in [5.74, 6) is 0.673. The van der Waals surface area contributed by atoms with Gasteiger partial charge in [0.25, 0.3) is 0 Å². The molecule has 0 aromatic carbocycles. The van der Waals surface area contributed by atoms with Crippen LogP contribution in [0.15, 0.2) is 18.2 Å². The number of hydrogen-bond donors (Lipinski definition) is 1. The molecule has 118 valence electrons.